The molecule has 8 nitrogen and oxygen atoms in total. The molecule has 0 aliphatic heterocycles. The minimum atomic E-state index is -0.615. The molecule has 0 bridgehead atoms. The molecule has 0 radical (unpaired) electrons. The summed E-state index contributed by atoms with van der Waals surface area (Å²) in [5.41, 5.74) is -0.118. The van der Waals surface area contributed by atoms with Crippen LogP contribution in [0.4, 0.5) is 11.4 Å². The Morgan fingerprint density at radius 2 is 2.21 bits per heavy atom. The van der Waals surface area contributed by atoms with Crippen LogP contribution in [0, 0.1) is 10.1 Å². The number of nitrogens with one attached hydrogen (secondary N) is 1. The van der Waals surface area contributed by atoms with Crippen molar-refractivity contribution in [3.63, 3.8) is 0 Å². The SMILES string of the molecule is Cn1ccc(C(=O)Nc2cc([N+](=O)[O-])ccc2O)n1. The number of benzene rings is 1. The number of phenolic OH excluding ortho intramolecular Hbond substituents is 1. The Labute approximate surface area is 107 Å². The Morgan fingerprint density at radius 3 is 2.79 bits per heavy atom. The van der Waals surface area contributed by atoms with Crippen molar-refractivity contribution in [1.82, 2.24) is 9.78 Å². The summed E-state index contributed by atoms with van der Waals surface area (Å²) in [5.74, 6) is -0.814. The van der Waals surface area contributed by atoms with Crippen molar-refractivity contribution < 1.29 is 14.8 Å². The van der Waals surface area contributed by atoms with Gasteiger partial charge in [-0.3, -0.25) is 19.6 Å². The highest BCUT2D eigenvalue weighted by Gasteiger charge is 2.15. The van der Waals surface area contributed by atoms with Crippen LogP contribution < -0.4 is 5.32 Å². The van der Waals surface area contributed by atoms with Gasteiger partial charge in [-0.25, -0.2) is 0 Å². The maximum Gasteiger partial charge on any atom is 0.276 e. The fourth-order valence-electron chi connectivity index (χ4n) is 1.46. The van der Waals surface area contributed by atoms with Gasteiger partial charge >= 0.3 is 0 Å². The summed E-state index contributed by atoms with van der Waals surface area (Å²) in [7, 11) is 1.65. The number of anilines is 1. The van der Waals surface area contributed by atoms with Crippen molar-refractivity contribution in [1.29, 1.82) is 0 Å². The molecule has 0 spiro atoms. The molecule has 1 aromatic heterocycles. The molecule has 0 saturated carbocycles. The van der Waals surface area contributed by atoms with E-state index >= 15 is 0 Å². The summed E-state index contributed by atoms with van der Waals surface area (Å²) in [6.45, 7) is 0. The fourth-order valence-corrected chi connectivity index (χ4v) is 1.46. The molecule has 0 atom stereocenters. The second kappa shape index (κ2) is 4.77. The molecule has 0 aliphatic carbocycles. The van der Waals surface area contributed by atoms with Crippen molar-refractivity contribution >= 4 is 17.3 Å². The third-order valence-electron chi connectivity index (χ3n) is 2.39. The van der Waals surface area contributed by atoms with Gasteiger partial charge in [-0.15, -0.1) is 0 Å². The summed E-state index contributed by atoms with van der Waals surface area (Å²) in [6, 6.07) is 4.86. The van der Waals surface area contributed by atoms with Gasteiger partial charge in [-0.2, -0.15) is 5.10 Å². The largest absolute Gasteiger partial charge is 0.506 e. The molecule has 19 heavy (non-hydrogen) atoms. The number of amides is 1. The third-order valence-corrected chi connectivity index (χ3v) is 2.39. The molecule has 2 rings (SSSR count). The van der Waals surface area contributed by atoms with Gasteiger partial charge in [0.15, 0.2) is 5.69 Å². The van der Waals surface area contributed by atoms with Crippen LogP contribution in [0.2, 0.25) is 0 Å². The highest BCUT2D eigenvalue weighted by atomic mass is 16.6. The molecule has 1 aromatic carbocycles. The van der Waals surface area contributed by atoms with Crippen molar-refractivity contribution in [2.75, 3.05) is 5.32 Å². The Bertz CT molecular complexity index is 650. The predicted molar refractivity (Wildman–Crippen MR) is 65.9 cm³/mol. The molecule has 98 valence electrons. The van der Waals surface area contributed by atoms with Crippen molar-refractivity contribution in [2.24, 2.45) is 7.05 Å². The molecule has 0 aliphatic rings. The van der Waals surface area contributed by atoms with E-state index in [2.05, 4.69) is 10.4 Å². The molecule has 1 heterocycles. The summed E-state index contributed by atoms with van der Waals surface area (Å²) < 4.78 is 1.45. The van der Waals surface area contributed by atoms with Crippen LogP contribution in [0.5, 0.6) is 5.75 Å². The number of nitro groups is 1. The monoisotopic (exact) mass is 262 g/mol. The average molecular weight is 262 g/mol. The van der Waals surface area contributed by atoms with E-state index in [9.17, 15) is 20.0 Å². The van der Waals surface area contributed by atoms with Crippen LogP contribution in [-0.4, -0.2) is 25.7 Å². The topological polar surface area (TPSA) is 110 Å². The number of aromatic nitrogens is 2. The molecular weight excluding hydrogens is 252 g/mol. The Hall–Kier alpha value is -2.90. The standard InChI is InChI=1S/C11H10N4O4/c1-14-5-4-8(13-14)11(17)12-9-6-7(15(18)19)2-3-10(9)16/h2-6,16H,1H3,(H,12,17). The van der Waals surface area contributed by atoms with Gasteiger partial charge in [0.25, 0.3) is 11.6 Å². The van der Waals surface area contributed by atoms with E-state index in [1.165, 1.54) is 10.7 Å². The van der Waals surface area contributed by atoms with Gasteiger partial charge < -0.3 is 10.4 Å². The number of aromatic hydroxyl groups is 1. The van der Waals surface area contributed by atoms with E-state index in [4.69, 9.17) is 0 Å². The van der Waals surface area contributed by atoms with Crippen LogP contribution in [0.1, 0.15) is 10.5 Å². The maximum atomic E-state index is 11.8. The molecular formula is C11H10N4O4. The van der Waals surface area contributed by atoms with Crippen LogP contribution in [-0.2, 0) is 7.05 Å². The number of rotatable bonds is 3. The molecule has 8 heteroatoms. The molecule has 0 unspecified atom stereocenters. The van der Waals surface area contributed by atoms with Gasteiger partial charge in [0.2, 0.25) is 0 Å². The number of carbonyl (C=O) groups excluding carboxylic acids is 1. The first-order valence-corrected chi connectivity index (χ1v) is 5.26. The summed E-state index contributed by atoms with van der Waals surface area (Å²) >= 11 is 0. The molecule has 1 amide bonds. The normalized spacial score (nSPS) is 10.2. The van der Waals surface area contributed by atoms with E-state index in [0.29, 0.717) is 0 Å². The van der Waals surface area contributed by atoms with E-state index in [-0.39, 0.29) is 22.8 Å². The second-order valence-corrected chi connectivity index (χ2v) is 3.79. The van der Waals surface area contributed by atoms with Crippen LogP contribution in [0.3, 0.4) is 0 Å². The minimum absolute atomic E-state index is 0.0372. The van der Waals surface area contributed by atoms with E-state index in [0.717, 1.165) is 18.2 Å². The Morgan fingerprint density at radius 1 is 1.47 bits per heavy atom. The number of phenols is 1. The zero-order chi connectivity index (χ0) is 14.0. The lowest BCUT2D eigenvalue weighted by Crippen LogP contribution is -2.13. The summed E-state index contributed by atoms with van der Waals surface area (Å²) in [4.78, 5) is 21.8. The average Bonchev–Trinajstić information content (AvgIpc) is 2.78. The van der Waals surface area contributed by atoms with E-state index in [1.807, 2.05) is 0 Å². The Kier molecular flexibility index (Phi) is 3.15. The maximum absolute atomic E-state index is 11.8. The van der Waals surface area contributed by atoms with Crippen LogP contribution in [0.15, 0.2) is 30.5 Å². The van der Waals surface area contributed by atoms with E-state index in [1.54, 1.807) is 13.2 Å². The van der Waals surface area contributed by atoms with Gasteiger partial charge in [-0.1, -0.05) is 0 Å². The lowest BCUT2D eigenvalue weighted by molar-refractivity contribution is -0.384. The number of carbonyl (C=O) groups is 1. The number of aryl methyl sites for hydroxylation is 1. The van der Waals surface area contributed by atoms with Gasteiger partial charge in [0.05, 0.1) is 10.6 Å². The van der Waals surface area contributed by atoms with Crippen molar-refractivity contribution in [3.05, 3.63) is 46.3 Å². The zero-order valence-corrected chi connectivity index (χ0v) is 9.90. The minimum Gasteiger partial charge on any atom is -0.506 e. The molecule has 2 N–H and O–H groups in total. The quantitative estimate of drug-likeness (QED) is 0.492. The smallest absolute Gasteiger partial charge is 0.276 e. The second-order valence-electron chi connectivity index (χ2n) is 3.79. The highest BCUT2D eigenvalue weighted by Crippen LogP contribution is 2.28. The van der Waals surface area contributed by atoms with Crippen molar-refractivity contribution in [3.8, 4) is 5.75 Å². The van der Waals surface area contributed by atoms with Crippen molar-refractivity contribution in [2.45, 2.75) is 0 Å². The van der Waals surface area contributed by atoms with Crippen LogP contribution >= 0.6 is 0 Å². The van der Waals surface area contributed by atoms with Gasteiger partial charge in [0, 0.05) is 25.4 Å². The van der Waals surface area contributed by atoms with E-state index < -0.39 is 10.8 Å². The Balaban J connectivity index is 2.25. The lowest BCUT2D eigenvalue weighted by atomic mass is 10.2. The molecule has 0 saturated heterocycles. The third kappa shape index (κ3) is 2.68. The number of nitro benzene ring substituents is 1. The van der Waals surface area contributed by atoms with Crippen LogP contribution in [0.25, 0.3) is 0 Å². The number of non-ortho nitro benzene ring substituents is 1. The lowest BCUT2D eigenvalue weighted by Gasteiger charge is -2.05. The number of nitrogens with zero attached hydrogens (tertiary/aromatic N) is 3. The number of hydrogen-bond donors (Lipinski definition) is 2. The zero-order valence-electron chi connectivity index (χ0n) is 9.90. The first kappa shape index (κ1) is 12.6. The molecule has 0 fully saturated rings. The number of hydrogen-bond acceptors (Lipinski definition) is 5. The first-order chi connectivity index (χ1) is 8.97. The highest BCUT2D eigenvalue weighted by molar-refractivity contribution is 6.03. The summed E-state index contributed by atoms with van der Waals surface area (Å²) in [6.07, 6.45) is 1.59. The van der Waals surface area contributed by atoms with Gasteiger partial charge in [-0.05, 0) is 12.1 Å². The van der Waals surface area contributed by atoms with Gasteiger partial charge in [0.1, 0.15) is 5.75 Å². The summed E-state index contributed by atoms with van der Waals surface area (Å²) in [5, 5.41) is 26.4. The fraction of sp³-hybridized carbons (Fsp3) is 0.0909. The predicted octanol–water partition coefficient (Wildman–Crippen LogP) is 1.29. The first-order valence-electron chi connectivity index (χ1n) is 5.26. The molecule has 2 aromatic rings.